The van der Waals surface area contributed by atoms with Gasteiger partial charge in [-0.25, -0.2) is 0 Å². The highest BCUT2D eigenvalue weighted by Gasteiger charge is 2.27. The van der Waals surface area contributed by atoms with Crippen molar-refractivity contribution in [3.63, 3.8) is 0 Å². The molecule has 2 atom stereocenters. The fourth-order valence-electron chi connectivity index (χ4n) is 2.10. The molecular formula is C12H25N. The summed E-state index contributed by atoms with van der Waals surface area (Å²) in [7, 11) is 0. The van der Waals surface area contributed by atoms with Gasteiger partial charge in [-0.05, 0) is 49.9 Å². The molecule has 78 valence electrons. The standard InChI is InChI=1S/C12H25N/c1-9(2)8-12(13)7-4-10(3)11-5-6-11/h9-12H,4-8,13H2,1-3H3/t10?,12-/m0/s1. The smallest absolute Gasteiger partial charge is 0.00413 e. The molecule has 0 aromatic carbocycles. The van der Waals surface area contributed by atoms with Gasteiger partial charge in [0.05, 0.1) is 0 Å². The van der Waals surface area contributed by atoms with Gasteiger partial charge in [0.15, 0.2) is 0 Å². The van der Waals surface area contributed by atoms with Crippen molar-refractivity contribution in [2.75, 3.05) is 0 Å². The molecule has 13 heavy (non-hydrogen) atoms. The van der Waals surface area contributed by atoms with Crippen LogP contribution in [0.1, 0.15) is 52.9 Å². The highest BCUT2D eigenvalue weighted by Crippen LogP contribution is 2.38. The quantitative estimate of drug-likeness (QED) is 0.672. The van der Waals surface area contributed by atoms with Gasteiger partial charge in [0.2, 0.25) is 0 Å². The van der Waals surface area contributed by atoms with Crippen molar-refractivity contribution in [1.29, 1.82) is 0 Å². The number of nitrogens with two attached hydrogens (primary N) is 1. The lowest BCUT2D eigenvalue weighted by atomic mass is 9.94. The second kappa shape index (κ2) is 4.99. The Morgan fingerprint density at radius 1 is 1.15 bits per heavy atom. The molecule has 0 radical (unpaired) electrons. The fourth-order valence-corrected chi connectivity index (χ4v) is 2.10. The van der Waals surface area contributed by atoms with Crippen molar-refractivity contribution in [1.82, 2.24) is 0 Å². The van der Waals surface area contributed by atoms with E-state index in [0.29, 0.717) is 6.04 Å². The summed E-state index contributed by atoms with van der Waals surface area (Å²) in [5.74, 6) is 2.73. The van der Waals surface area contributed by atoms with Crippen molar-refractivity contribution in [2.24, 2.45) is 23.5 Å². The van der Waals surface area contributed by atoms with Gasteiger partial charge in [0, 0.05) is 6.04 Å². The molecule has 1 saturated carbocycles. The fraction of sp³-hybridized carbons (Fsp3) is 1.00. The molecule has 1 nitrogen and oxygen atoms in total. The number of hydrogen-bond donors (Lipinski definition) is 1. The lowest BCUT2D eigenvalue weighted by Gasteiger charge is -2.16. The van der Waals surface area contributed by atoms with Crippen LogP contribution in [0.4, 0.5) is 0 Å². The molecule has 0 aromatic rings. The van der Waals surface area contributed by atoms with E-state index in [1.165, 1.54) is 32.1 Å². The van der Waals surface area contributed by atoms with Gasteiger partial charge in [-0.2, -0.15) is 0 Å². The molecule has 0 bridgehead atoms. The van der Waals surface area contributed by atoms with Crippen LogP contribution in [0.25, 0.3) is 0 Å². The highest BCUT2D eigenvalue weighted by atomic mass is 14.6. The van der Waals surface area contributed by atoms with Crippen molar-refractivity contribution in [2.45, 2.75) is 58.9 Å². The Labute approximate surface area is 83.1 Å². The molecule has 0 amide bonds. The number of hydrogen-bond acceptors (Lipinski definition) is 1. The first-order chi connectivity index (χ1) is 6.09. The summed E-state index contributed by atoms with van der Waals surface area (Å²) in [6.45, 7) is 6.90. The van der Waals surface area contributed by atoms with Crippen LogP contribution in [0, 0.1) is 17.8 Å². The molecule has 2 N–H and O–H groups in total. The van der Waals surface area contributed by atoms with Crippen molar-refractivity contribution >= 4 is 0 Å². The average Bonchev–Trinajstić information content (AvgIpc) is 2.80. The summed E-state index contributed by atoms with van der Waals surface area (Å²) in [5, 5.41) is 0. The molecule has 1 rings (SSSR count). The van der Waals surface area contributed by atoms with E-state index in [0.717, 1.165) is 17.8 Å². The summed E-state index contributed by atoms with van der Waals surface area (Å²) in [6, 6.07) is 0.446. The molecule has 0 saturated heterocycles. The van der Waals surface area contributed by atoms with Gasteiger partial charge in [-0.15, -0.1) is 0 Å². The maximum Gasteiger partial charge on any atom is 0.00413 e. The van der Waals surface area contributed by atoms with Crippen molar-refractivity contribution in [3.05, 3.63) is 0 Å². The first-order valence-electron chi connectivity index (χ1n) is 5.85. The first-order valence-corrected chi connectivity index (χ1v) is 5.85. The average molecular weight is 183 g/mol. The first kappa shape index (κ1) is 11.0. The zero-order chi connectivity index (χ0) is 9.84. The number of rotatable bonds is 6. The van der Waals surface area contributed by atoms with Crippen LogP contribution in [-0.4, -0.2) is 6.04 Å². The summed E-state index contributed by atoms with van der Waals surface area (Å²) in [4.78, 5) is 0. The Morgan fingerprint density at radius 3 is 2.23 bits per heavy atom. The van der Waals surface area contributed by atoms with E-state index in [1.807, 2.05) is 0 Å². The van der Waals surface area contributed by atoms with E-state index in [9.17, 15) is 0 Å². The normalized spacial score (nSPS) is 21.9. The summed E-state index contributed by atoms with van der Waals surface area (Å²) in [6.07, 6.45) is 6.72. The van der Waals surface area contributed by atoms with E-state index in [4.69, 9.17) is 5.73 Å². The maximum absolute atomic E-state index is 6.04. The minimum absolute atomic E-state index is 0.446. The van der Waals surface area contributed by atoms with Gasteiger partial charge in [-0.1, -0.05) is 20.8 Å². The SMILES string of the molecule is CC(C)C[C@@H](N)CCC(C)C1CC1. The highest BCUT2D eigenvalue weighted by molar-refractivity contribution is 4.79. The molecule has 0 spiro atoms. The van der Waals surface area contributed by atoms with E-state index in [1.54, 1.807) is 0 Å². The predicted octanol–water partition coefficient (Wildman–Crippen LogP) is 3.19. The van der Waals surface area contributed by atoms with Gasteiger partial charge in [0.1, 0.15) is 0 Å². The van der Waals surface area contributed by atoms with E-state index < -0.39 is 0 Å². The van der Waals surface area contributed by atoms with Crippen molar-refractivity contribution < 1.29 is 0 Å². The Balaban J connectivity index is 2.03. The third-order valence-corrected chi connectivity index (χ3v) is 3.19. The Morgan fingerprint density at radius 2 is 1.77 bits per heavy atom. The largest absolute Gasteiger partial charge is 0.328 e. The van der Waals surface area contributed by atoms with Crippen LogP contribution in [0.2, 0.25) is 0 Å². The van der Waals surface area contributed by atoms with Crippen LogP contribution in [0.3, 0.4) is 0 Å². The molecule has 0 aromatic heterocycles. The third kappa shape index (κ3) is 4.66. The molecule has 1 aliphatic carbocycles. The second-order valence-electron chi connectivity index (χ2n) is 5.28. The van der Waals surface area contributed by atoms with Crippen LogP contribution in [0.15, 0.2) is 0 Å². The molecular weight excluding hydrogens is 158 g/mol. The molecule has 0 heterocycles. The summed E-state index contributed by atoms with van der Waals surface area (Å²) >= 11 is 0. The van der Waals surface area contributed by atoms with Crippen LogP contribution >= 0.6 is 0 Å². The minimum atomic E-state index is 0.446. The summed E-state index contributed by atoms with van der Waals surface area (Å²) < 4.78 is 0. The van der Waals surface area contributed by atoms with E-state index >= 15 is 0 Å². The van der Waals surface area contributed by atoms with Gasteiger partial charge in [0.25, 0.3) is 0 Å². The van der Waals surface area contributed by atoms with E-state index in [-0.39, 0.29) is 0 Å². The van der Waals surface area contributed by atoms with Crippen LogP contribution < -0.4 is 5.73 Å². The lowest BCUT2D eigenvalue weighted by Crippen LogP contribution is -2.22. The molecule has 0 aliphatic heterocycles. The van der Waals surface area contributed by atoms with Crippen LogP contribution in [-0.2, 0) is 0 Å². The van der Waals surface area contributed by atoms with Gasteiger partial charge in [-0.3, -0.25) is 0 Å². The predicted molar refractivity (Wildman–Crippen MR) is 58.6 cm³/mol. The second-order valence-corrected chi connectivity index (χ2v) is 5.28. The molecule has 1 unspecified atom stereocenters. The maximum atomic E-state index is 6.04. The summed E-state index contributed by atoms with van der Waals surface area (Å²) in [5.41, 5.74) is 6.04. The minimum Gasteiger partial charge on any atom is -0.328 e. The van der Waals surface area contributed by atoms with E-state index in [2.05, 4.69) is 20.8 Å². The zero-order valence-electron chi connectivity index (χ0n) is 9.42. The van der Waals surface area contributed by atoms with Gasteiger partial charge < -0.3 is 5.73 Å². The van der Waals surface area contributed by atoms with Crippen molar-refractivity contribution in [3.8, 4) is 0 Å². The van der Waals surface area contributed by atoms with Gasteiger partial charge >= 0.3 is 0 Å². The Kier molecular flexibility index (Phi) is 4.24. The topological polar surface area (TPSA) is 26.0 Å². The third-order valence-electron chi connectivity index (χ3n) is 3.19. The molecule has 1 aliphatic rings. The lowest BCUT2D eigenvalue weighted by molar-refractivity contribution is 0.395. The molecule has 1 heteroatoms. The Bertz CT molecular complexity index is 138. The Hall–Kier alpha value is -0.0400. The molecule has 1 fully saturated rings. The van der Waals surface area contributed by atoms with Crippen LogP contribution in [0.5, 0.6) is 0 Å². The monoisotopic (exact) mass is 183 g/mol. The zero-order valence-corrected chi connectivity index (χ0v) is 9.42.